The van der Waals surface area contributed by atoms with Crippen LogP contribution in [0.15, 0.2) is 28.8 Å². The van der Waals surface area contributed by atoms with Gasteiger partial charge in [-0.15, -0.1) is 0 Å². The molecule has 0 saturated heterocycles. The van der Waals surface area contributed by atoms with Gasteiger partial charge in [0.15, 0.2) is 15.7 Å². The van der Waals surface area contributed by atoms with Gasteiger partial charge < -0.3 is 9.63 Å². The highest BCUT2D eigenvalue weighted by atomic mass is 32.2. The number of aliphatic hydroxyl groups excluding tert-OH is 1. The minimum absolute atomic E-state index is 0.0574. The minimum atomic E-state index is -3.40. The normalized spacial score (nSPS) is 11.7. The maximum absolute atomic E-state index is 11.5. The monoisotopic (exact) mass is 296 g/mol. The molecule has 2 aromatic rings. The lowest BCUT2D eigenvalue weighted by atomic mass is 10.1. The van der Waals surface area contributed by atoms with Crippen molar-refractivity contribution in [2.75, 3.05) is 12.4 Å². The number of sulfone groups is 1. The first-order chi connectivity index (χ1) is 9.50. The summed E-state index contributed by atoms with van der Waals surface area (Å²) in [6, 6.07) is 7.83. The number of aryl methyl sites for hydroxylation is 1. The second-order valence-corrected chi connectivity index (χ2v) is 6.71. The molecule has 0 spiro atoms. The van der Waals surface area contributed by atoms with E-state index in [-0.39, 0.29) is 17.4 Å². The lowest BCUT2D eigenvalue weighted by Crippen LogP contribution is -2.12. The van der Waals surface area contributed by atoms with E-state index in [1.807, 2.05) is 31.2 Å². The Balaban J connectivity index is 2.08. The summed E-state index contributed by atoms with van der Waals surface area (Å²) >= 11 is 0. The first-order valence-corrected chi connectivity index (χ1v) is 7.99. The fourth-order valence-corrected chi connectivity index (χ4v) is 2.71. The van der Waals surface area contributed by atoms with E-state index in [9.17, 15) is 8.42 Å². The van der Waals surface area contributed by atoms with E-state index in [0.29, 0.717) is 12.2 Å². The summed E-state index contributed by atoms with van der Waals surface area (Å²) < 4.78 is 28.0. The molecule has 0 bridgehead atoms. The van der Waals surface area contributed by atoms with Gasteiger partial charge in [-0.1, -0.05) is 29.4 Å². The second kappa shape index (κ2) is 6.15. The molecule has 6 nitrogen and oxygen atoms in total. The molecule has 0 atom stereocenters. The van der Waals surface area contributed by atoms with Crippen LogP contribution in [0, 0.1) is 6.92 Å². The molecular weight excluding hydrogens is 280 g/mol. The van der Waals surface area contributed by atoms with Gasteiger partial charge in [0.2, 0.25) is 5.89 Å². The van der Waals surface area contributed by atoms with Crippen LogP contribution in [-0.4, -0.2) is 36.0 Å². The van der Waals surface area contributed by atoms with Crippen molar-refractivity contribution in [2.45, 2.75) is 19.1 Å². The molecule has 0 fully saturated rings. The SMILES string of the molecule is Cc1ccccc1Cc1noc(CS(=O)(=O)CCO)n1. The maximum Gasteiger partial charge on any atom is 0.241 e. The Hall–Kier alpha value is -1.73. The number of rotatable bonds is 6. The van der Waals surface area contributed by atoms with Crippen LogP contribution in [-0.2, 0) is 22.0 Å². The van der Waals surface area contributed by atoms with Crippen LogP contribution in [0.2, 0.25) is 0 Å². The van der Waals surface area contributed by atoms with Crippen molar-refractivity contribution in [3.63, 3.8) is 0 Å². The first kappa shape index (κ1) is 14.7. The van der Waals surface area contributed by atoms with Gasteiger partial charge in [-0.2, -0.15) is 4.98 Å². The fraction of sp³-hybridized carbons (Fsp3) is 0.385. The number of hydrogen-bond acceptors (Lipinski definition) is 6. The van der Waals surface area contributed by atoms with E-state index in [0.717, 1.165) is 11.1 Å². The molecule has 0 amide bonds. The van der Waals surface area contributed by atoms with E-state index in [2.05, 4.69) is 10.1 Å². The smallest absolute Gasteiger partial charge is 0.241 e. The van der Waals surface area contributed by atoms with Gasteiger partial charge in [-0.3, -0.25) is 0 Å². The summed E-state index contributed by atoms with van der Waals surface area (Å²) in [6.45, 7) is 1.58. The molecule has 0 saturated carbocycles. The van der Waals surface area contributed by atoms with Crippen LogP contribution in [0.4, 0.5) is 0 Å². The third-order valence-corrected chi connectivity index (χ3v) is 4.36. The Morgan fingerprint density at radius 3 is 2.75 bits per heavy atom. The van der Waals surface area contributed by atoms with Crippen molar-refractivity contribution < 1.29 is 18.0 Å². The number of aromatic nitrogens is 2. The lowest BCUT2D eigenvalue weighted by molar-refractivity contribution is 0.319. The third-order valence-electron chi connectivity index (χ3n) is 2.87. The number of aliphatic hydroxyl groups is 1. The van der Waals surface area contributed by atoms with Gasteiger partial charge in [0.05, 0.1) is 12.4 Å². The standard InChI is InChI=1S/C13H16N2O4S/c1-10-4-2-3-5-11(10)8-12-14-13(19-15-12)9-20(17,18)7-6-16/h2-5,16H,6-9H2,1H3. The zero-order chi connectivity index (χ0) is 14.6. The molecule has 0 aliphatic carbocycles. The van der Waals surface area contributed by atoms with E-state index in [1.165, 1.54) is 0 Å². The van der Waals surface area contributed by atoms with E-state index in [1.54, 1.807) is 0 Å². The van der Waals surface area contributed by atoms with Gasteiger partial charge in [0.25, 0.3) is 0 Å². The minimum Gasteiger partial charge on any atom is -0.395 e. The average Bonchev–Trinajstić information content (AvgIpc) is 2.78. The maximum atomic E-state index is 11.5. The molecule has 1 N–H and O–H groups in total. The fourth-order valence-electron chi connectivity index (χ4n) is 1.80. The Labute approximate surface area is 117 Å². The van der Waals surface area contributed by atoms with Gasteiger partial charge in [-0.25, -0.2) is 8.42 Å². The van der Waals surface area contributed by atoms with Crippen LogP contribution >= 0.6 is 0 Å². The molecule has 0 radical (unpaired) electrons. The van der Waals surface area contributed by atoms with Crippen LogP contribution in [0.3, 0.4) is 0 Å². The van der Waals surface area contributed by atoms with Crippen molar-refractivity contribution in [3.8, 4) is 0 Å². The first-order valence-electron chi connectivity index (χ1n) is 6.17. The van der Waals surface area contributed by atoms with Crippen molar-refractivity contribution in [2.24, 2.45) is 0 Å². The lowest BCUT2D eigenvalue weighted by Gasteiger charge is -2.00. The molecule has 7 heteroatoms. The molecular formula is C13H16N2O4S. The van der Waals surface area contributed by atoms with Crippen LogP contribution < -0.4 is 0 Å². The predicted molar refractivity (Wildman–Crippen MR) is 72.9 cm³/mol. The highest BCUT2D eigenvalue weighted by Crippen LogP contribution is 2.12. The zero-order valence-electron chi connectivity index (χ0n) is 11.1. The summed E-state index contributed by atoms with van der Waals surface area (Å²) in [4.78, 5) is 4.08. The largest absolute Gasteiger partial charge is 0.395 e. The Bertz CT molecular complexity index is 679. The van der Waals surface area contributed by atoms with Gasteiger partial charge in [0, 0.05) is 6.42 Å². The zero-order valence-corrected chi connectivity index (χ0v) is 11.9. The van der Waals surface area contributed by atoms with E-state index in [4.69, 9.17) is 9.63 Å². The quantitative estimate of drug-likeness (QED) is 0.850. The summed E-state index contributed by atoms with van der Waals surface area (Å²) in [5, 5.41) is 12.4. The molecule has 2 rings (SSSR count). The molecule has 108 valence electrons. The Morgan fingerprint density at radius 2 is 2.05 bits per heavy atom. The number of nitrogens with zero attached hydrogens (tertiary/aromatic N) is 2. The Kier molecular flexibility index (Phi) is 4.51. The Morgan fingerprint density at radius 1 is 1.30 bits per heavy atom. The van der Waals surface area contributed by atoms with Gasteiger partial charge in [-0.05, 0) is 18.1 Å². The van der Waals surface area contributed by atoms with Gasteiger partial charge >= 0.3 is 0 Å². The van der Waals surface area contributed by atoms with E-state index >= 15 is 0 Å². The highest BCUT2D eigenvalue weighted by molar-refractivity contribution is 7.90. The molecule has 1 aromatic heterocycles. The van der Waals surface area contributed by atoms with E-state index < -0.39 is 16.4 Å². The van der Waals surface area contributed by atoms with Crippen LogP contribution in [0.25, 0.3) is 0 Å². The molecule has 20 heavy (non-hydrogen) atoms. The third kappa shape index (κ3) is 3.88. The summed E-state index contributed by atoms with van der Waals surface area (Å²) in [6.07, 6.45) is 0.496. The molecule has 0 unspecified atom stereocenters. The molecule has 0 aliphatic rings. The van der Waals surface area contributed by atoms with Crippen molar-refractivity contribution >= 4 is 9.84 Å². The average molecular weight is 296 g/mol. The van der Waals surface area contributed by atoms with Crippen LogP contribution in [0.5, 0.6) is 0 Å². The second-order valence-electron chi connectivity index (χ2n) is 4.52. The highest BCUT2D eigenvalue weighted by Gasteiger charge is 2.17. The summed E-state index contributed by atoms with van der Waals surface area (Å²) in [5.74, 6) is -0.132. The predicted octanol–water partition coefficient (Wildman–Crippen LogP) is 0.876. The topological polar surface area (TPSA) is 93.3 Å². The van der Waals surface area contributed by atoms with Crippen molar-refractivity contribution in [1.82, 2.24) is 10.1 Å². The summed E-state index contributed by atoms with van der Waals surface area (Å²) in [5.41, 5.74) is 2.19. The summed E-state index contributed by atoms with van der Waals surface area (Å²) in [7, 11) is -3.40. The number of benzene rings is 1. The molecule has 1 aromatic carbocycles. The van der Waals surface area contributed by atoms with Crippen LogP contribution in [0.1, 0.15) is 22.8 Å². The molecule has 1 heterocycles. The van der Waals surface area contributed by atoms with Crippen molar-refractivity contribution in [1.29, 1.82) is 0 Å². The number of hydrogen-bond donors (Lipinski definition) is 1. The van der Waals surface area contributed by atoms with Crippen molar-refractivity contribution in [3.05, 3.63) is 47.1 Å². The molecule has 0 aliphatic heterocycles. The van der Waals surface area contributed by atoms with Gasteiger partial charge in [0.1, 0.15) is 5.75 Å².